The minimum absolute atomic E-state index is 0.0362. The summed E-state index contributed by atoms with van der Waals surface area (Å²) in [7, 11) is 3.43. The highest BCUT2D eigenvalue weighted by molar-refractivity contribution is 5.78. The van der Waals surface area contributed by atoms with Gasteiger partial charge < -0.3 is 19.9 Å². The summed E-state index contributed by atoms with van der Waals surface area (Å²) < 4.78 is 0.972. The molecule has 8 heteroatoms. The largest absolute Gasteiger partial charge is 0.392 e. The Kier molecular flexibility index (Phi) is 4.83. The second-order valence-corrected chi connectivity index (χ2v) is 7.48. The first-order valence-electron chi connectivity index (χ1n) is 8.74. The van der Waals surface area contributed by atoms with Gasteiger partial charge in [0.15, 0.2) is 0 Å². The highest BCUT2D eigenvalue weighted by Gasteiger charge is 2.45. The lowest BCUT2D eigenvalue weighted by Crippen LogP contribution is -2.59. The van der Waals surface area contributed by atoms with E-state index in [1.807, 2.05) is 7.05 Å². The Morgan fingerprint density at radius 2 is 2.08 bits per heavy atom. The smallest absolute Gasteiger partial charge is 0.328 e. The van der Waals surface area contributed by atoms with Gasteiger partial charge in [0.1, 0.15) is 0 Å². The molecule has 0 saturated carbocycles. The number of aromatic nitrogens is 2. The zero-order valence-corrected chi connectivity index (χ0v) is 14.8. The van der Waals surface area contributed by atoms with Crippen LogP contribution in [-0.2, 0) is 18.3 Å². The number of aliphatic hydroxyl groups is 1. The van der Waals surface area contributed by atoms with Crippen molar-refractivity contribution in [2.24, 2.45) is 12.5 Å². The normalized spacial score (nSPS) is 27.6. The van der Waals surface area contributed by atoms with Crippen molar-refractivity contribution in [3.63, 3.8) is 0 Å². The molecule has 8 nitrogen and oxygen atoms in total. The molecule has 1 aromatic rings. The van der Waals surface area contributed by atoms with Gasteiger partial charge in [0.2, 0.25) is 5.91 Å². The molecule has 0 unspecified atom stereocenters. The summed E-state index contributed by atoms with van der Waals surface area (Å²) in [6, 6.07) is 0. The Labute approximate surface area is 146 Å². The predicted octanol–water partition coefficient (Wildman–Crippen LogP) is -1.08. The van der Waals surface area contributed by atoms with E-state index in [2.05, 4.69) is 9.88 Å². The fourth-order valence-electron chi connectivity index (χ4n) is 4.16. The Morgan fingerprint density at radius 3 is 2.84 bits per heavy atom. The fourth-order valence-corrected chi connectivity index (χ4v) is 4.16. The molecule has 2 aliphatic rings. The van der Waals surface area contributed by atoms with E-state index in [-0.39, 0.29) is 23.3 Å². The monoisotopic (exact) mass is 350 g/mol. The van der Waals surface area contributed by atoms with Crippen LogP contribution in [0.2, 0.25) is 0 Å². The topological polar surface area (TPSA) is 98.6 Å². The molecule has 1 aromatic heterocycles. The first-order chi connectivity index (χ1) is 11.8. The van der Waals surface area contributed by atoms with Gasteiger partial charge in [0, 0.05) is 50.4 Å². The molecule has 2 saturated heterocycles. The van der Waals surface area contributed by atoms with Crippen molar-refractivity contribution in [1.29, 1.82) is 0 Å². The standard InChI is InChI=1S/C17H26N4O4/c1-19-7-4-13(22)17(10-19)5-3-6-21(11-17)14(23)8-12-9-18-16(25)20(2)15(12)24/h9,13,22H,3-8,10-11H2,1-2H3,(H,18,25)/t13-,17-/m0/s1. The van der Waals surface area contributed by atoms with E-state index >= 15 is 0 Å². The average Bonchev–Trinajstić information content (AvgIpc) is 2.59. The molecule has 0 aromatic carbocycles. The summed E-state index contributed by atoms with van der Waals surface area (Å²) in [5.41, 5.74) is -0.933. The van der Waals surface area contributed by atoms with Crippen molar-refractivity contribution in [2.45, 2.75) is 31.8 Å². The Balaban J connectivity index is 1.75. The molecule has 2 N–H and O–H groups in total. The number of carbonyl (C=O) groups is 1. The van der Waals surface area contributed by atoms with Crippen molar-refractivity contribution in [3.8, 4) is 0 Å². The maximum Gasteiger partial charge on any atom is 0.328 e. The molecule has 3 rings (SSSR count). The van der Waals surface area contributed by atoms with Crippen LogP contribution in [0.1, 0.15) is 24.8 Å². The van der Waals surface area contributed by atoms with Crippen LogP contribution in [0.25, 0.3) is 0 Å². The lowest BCUT2D eigenvalue weighted by molar-refractivity contribution is -0.140. The van der Waals surface area contributed by atoms with E-state index < -0.39 is 17.4 Å². The lowest BCUT2D eigenvalue weighted by Gasteiger charge is -2.50. The number of hydrogen-bond acceptors (Lipinski definition) is 5. The molecule has 2 aliphatic heterocycles. The minimum atomic E-state index is -0.494. The van der Waals surface area contributed by atoms with E-state index in [1.54, 1.807) is 4.90 Å². The van der Waals surface area contributed by atoms with Crippen molar-refractivity contribution >= 4 is 5.91 Å². The maximum absolute atomic E-state index is 12.7. The number of aromatic amines is 1. The fraction of sp³-hybridized carbons (Fsp3) is 0.706. The van der Waals surface area contributed by atoms with Gasteiger partial charge in [-0.05, 0) is 26.3 Å². The van der Waals surface area contributed by atoms with E-state index in [0.717, 1.165) is 36.9 Å². The zero-order valence-electron chi connectivity index (χ0n) is 14.8. The number of hydrogen-bond donors (Lipinski definition) is 2. The number of piperidine rings is 2. The van der Waals surface area contributed by atoms with Gasteiger partial charge in [-0.2, -0.15) is 0 Å². The lowest BCUT2D eigenvalue weighted by atomic mass is 9.71. The summed E-state index contributed by atoms with van der Waals surface area (Å²) in [6.07, 6.45) is 3.36. The second-order valence-electron chi connectivity index (χ2n) is 7.48. The SMILES string of the molecule is CN1CC[C@H](O)[C@@]2(CCCN(C(=O)Cc3c[nH]c(=O)n(C)c3=O)C2)C1. The van der Waals surface area contributed by atoms with Crippen molar-refractivity contribution < 1.29 is 9.90 Å². The Hall–Kier alpha value is -1.93. The average molecular weight is 350 g/mol. The number of amides is 1. The van der Waals surface area contributed by atoms with Gasteiger partial charge in [-0.15, -0.1) is 0 Å². The molecule has 0 bridgehead atoms. The van der Waals surface area contributed by atoms with Crippen molar-refractivity contribution in [3.05, 3.63) is 32.6 Å². The highest BCUT2D eigenvalue weighted by Crippen LogP contribution is 2.38. The Morgan fingerprint density at radius 1 is 1.32 bits per heavy atom. The first kappa shape index (κ1) is 17.9. The maximum atomic E-state index is 12.7. The number of nitrogens with zero attached hydrogens (tertiary/aromatic N) is 3. The molecule has 0 aliphatic carbocycles. The molecular formula is C17H26N4O4. The summed E-state index contributed by atoms with van der Waals surface area (Å²) in [4.78, 5) is 42.7. The predicted molar refractivity (Wildman–Crippen MR) is 92.4 cm³/mol. The highest BCUT2D eigenvalue weighted by atomic mass is 16.3. The summed E-state index contributed by atoms with van der Waals surface area (Å²) in [5.74, 6) is -0.136. The summed E-state index contributed by atoms with van der Waals surface area (Å²) in [5, 5.41) is 10.5. The molecule has 1 spiro atoms. The number of aliphatic hydroxyl groups excluding tert-OH is 1. The van der Waals surface area contributed by atoms with Crippen molar-refractivity contribution in [1.82, 2.24) is 19.4 Å². The first-order valence-corrected chi connectivity index (χ1v) is 8.74. The molecule has 3 heterocycles. The van der Waals surface area contributed by atoms with Crippen LogP contribution in [0.5, 0.6) is 0 Å². The number of carbonyl (C=O) groups excluding carboxylic acids is 1. The van der Waals surface area contributed by atoms with Crippen LogP contribution in [0, 0.1) is 5.41 Å². The van der Waals surface area contributed by atoms with Crippen molar-refractivity contribution in [2.75, 3.05) is 33.2 Å². The zero-order chi connectivity index (χ0) is 18.2. The number of nitrogens with one attached hydrogen (secondary N) is 1. The minimum Gasteiger partial charge on any atom is -0.392 e. The van der Waals surface area contributed by atoms with Gasteiger partial charge in [0.05, 0.1) is 12.5 Å². The quantitative estimate of drug-likeness (QED) is 0.707. The third-order valence-corrected chi connectivity index (χ3v) is 5.63. The second kappa shape index (κ2) is 6.76. The van der Waals surface area contributed by atoms with E-state index in [0.29, 0.717) is 13.1 Å². The molecule has 25 heavy (non-hydrogen) atoms. The molecule has 0 radical (unpaired) electrons. The number of rotatable bonds is 2. The van der Waals surface area contributed by atoms with E-state index in [9.17, 15) is 19.5 Å². The number of likely N-dealkylation sites (tertiary alicyclic amines) is 2. The van der Waals surface area contributed by atoms with Gasteiger partial charge in [-0.3, -0.25) is 14.2 Å². The van der Waals surface area contributed by atoms with Crippen LogP contribution >= 0.6 is 0 Å². The summed E-state index contributed by atoms with van der Waals surface area (Å²) in [6.45, 7) is 2.80. The van der Waals surface area contributed by atoms with Crippen LogP contribution in [0.15, 0.2) is 15.8 Å². The third-order valence-electron chi connectivity index (χ3n) is 5.63. The number of H-pyrrole nitrogens is 1. The molecule has 2 fully saturated rings. The van der Waals surface area contributed by atoms with Gasteiger partial charge >= 0.3 is 5.69 Å². The van der Waals surface area contributed by atoms with E-state index in [4.69, 9.17) is 0 Å². The van der Waals surface area contributed by atoms with Gasteiger partial charge in [-0.1, -0.05) is 0 Å². The van der Waals surface area contributed by atoms with Crippen LogP contribution in [-0.4, -0.2) is 69.7 Å². The van der Waals surface area contributed by atoms with Crippen LogP contribution < -0.4 is 11.2 Å². The van der Waals surface area contributed by atoms with Gasteiger partial charge in [-0.25, -0.2) is 4.79 Å². The molecule has 138 valence electrons. The molecule has 2 atom stereocenters. The van der Waals surface area contributed by atoms with Crippen LogP contribution in [0.3, 0.4) is 0 Å². The molecular weight excluding hydrogens is 324 g/mol. The van der Waals surface area contributed by atoms with Gasteiger partial charge in [0.25, 0.3) is 5.56 Å². The third kappa shape index (κ3) is 3.41. The molecule has 1 amide bonds. The Bertz CT molecular complexity index is 771. The van der Waals surface area contributed by atoms with Crippen LogP contribution in [0.4, 0.5) is 0 Å². The van der Waals surface area contributed by atoms with E-state index in [1.165, 1.54) is 13.2 Å². The summed E-state index contributed by atoms with van der Waals surface area (Å²) >= 11 is 0.